The normalized spacial score (nSPS) is 11.5. The van der Waals surface area contributed by atoms with Gasteiger partial charge in [0.15, 0.2) is 5.76 Å². The number of amides is 3. The van der Waals surface area contributed by atoms with Crippen LogP contribution in [-0.4, -0.2) is 18.0 Å². The summed E-state index contributed by atoms with van der Waals surface area (Å²) in [7, 11) is 0. The number of para-hydroxylation sites is 1. The van der Waals surface area contributed by atoms with Gasteiger partial charge in [0.25, 0.3) is 0 Å². The Hall–Kier alpha value is -3.68. The predicted octanol–water partition coefficient (Wildman–Crippen LogP) is 3.03. The minimum Gasteiger partial charge on any atom is -0.486 e. The average Bonchev–Trinajstić information content (AvgIpc) is 3.37. The zero-order valence-electron chi connectivity index (χ0n) is 15.3. The molecule has 3 aromatic rings. The molecule has 0 aliphatic heterocycles. The van der Waals surface area contributed by atoms with E-state index in [1.807, 2.05) is 43.3 Å². The molecule has 0 fully saturated rings. The first kappa shape index (κ1) is 19.1. The van der Waals surface area contributed by atoms with E-state index in [1.165, 1.54) is 6.07 Å². The topological polar surface area (TPSA) is 106 Å². The van der Waals surface area contributed by atoms with Crippen molar-refractivity contribution in [3.8, 4) is 5.75 Å². The second-order valence-electron chi connectivity index (χ2n) is 6.10. The predicted molar refractivity (Wildman–Crippen MR) is 100 cm³/mol. The Balaban J connectivity index is 1.40. The Labute approximate surface area is 161 Å². The third kappa shape index (κ3) is 5.66. The van der Waals surface area contributed by atoms with Crippen LogP contribution in [-0.2, 0) is 13.0 Å². The number of furan rings is 2. The average molecular weight is 383 g/mol. The molecule has 1 atom stereocenters. The Bertz CT molecular complexity index is 890. The molecule has 1 aromatic carbocycles. The van der Waals surface area contributed by atoms with Crippen LogP contribution in [0.3, 0.4) is 0 Å². The molecule has 0 aliphatic carbocycles. The molecule has 3 rings (SSSR count). The molecular formula is C20H21N3O5. The minimum absolute atomic E-state index is 0.0654. The van der Waals surface area contributed by atoms with Gasteiger partial charge in [-0.05, 0) is 43.3 Å². The van der Waals surface area contributed by atoms with E-state index in [-0.39, 0.29) is 18.4 Å². The lowest BCUT2D eigenvalue weighted by molar-refractivity contribution is 0.0904. The number of rotatable bonds is 7. The van der Waals surface area contributed by atoms with Gasteiger partial charge < -0.3 is 18.9 Å². The van der Waals surface area contributed by atoms with Crippen LogP contribution < -0.4 is 20.9 Å². The number of nitrogens with one attached hydrogen (secondary N) is 3. The first-order chi connectivity index (χ1) is 13.6. The summed E-state index contributed by atoms with van der Waals surface area (Å²) in [6, 6.07) is 15.3. The van der Waals surface area contributed by atoms with Crippen molar-refractivity contribution in [1.29, 1.82) is 0 Å². The van der Waals surface area contributed by atoms with E-state index in [4.69, 9.17) is 13.6 Å². The largest absolute Gasteiger partial charge is 0.486 e. The maximum atomic E-state index is 12.1. The number of carbonyl (C=O) groups is 2. The number of carbonyl (C=O) groups excluding carboxylic acids is 2. The van der Waals surface area contributed by atoms with Crippen molar-refractivity contribution >= 4 is 11.9 Å². The highest BCUT2D eigenvalue weighted by molar-refractivity contribution is 5.92. The maximum Gasteiger partial charge on any atom is 0.333 e. The first-order valence-electron chi connectivity index (χ1n) is 8.76. The summed E-state index contributed by atoms with van der Waals surface area (Å²) in [5, 5.41) is 2.69. The third-order valence-electron chi connectivity index (χ3n) is 3.76. The monoisotopic (exact) mass is 383 g/mol. The van der Waals surface area contributed by atoms with Gasteiger partial charge in [0, 0.05) is 12.5 Å². The lowest BCUT2D eigenvalue weighted by atomic mass is 10.2. The van der Waals surface area contributed by atoms with Gasteiger partial charge in [0.05, 0.1) is 6.26 Å². The van der Waals surface area contributed by atoms with Crippen LogP contribution >= 0.6 is 0 Å². The van der Waals surface area contributed by atoms with E-state index in [0.717, 1.165) is 5.76 Å². The van der Waals surface area contributed by atoms with Crippen LogP contribution in [0.4, 0.5) is 4.79 Å². The van der Waals surface area contributed by atoms with Crippen LogP contribution in [0.15, 0.2) is 69.7 Å². The zero-order valence-corrected chi connectivity index (χ0v) is 15.3. The summed E-state index contributed by atoms with van der Waals surface area (Å²) in [4.78, 5) is 23.9. The van der Waals surface area contributed by atoms with Crippen LogP contribution in [0.2, 0.25) is 0 Å². The SMILES string of the molecule is CC(Cc1ccco1)NC(=O)NNC(=O)c1ccc(COc2ccccc2)o1. The fraction of sp³-hybridized carbons (Fsp3) is 0.200. The van der Waals surface area contributed by atoms with Crippen LogP contribution in [0.25, 0.3) is 0 Å². The van der Waals surface area contributed by atoms with E-state index in [2.05, 4.69) is 16.2 Å². The van der Waals surface area contributed by atoms with Gasteiger partial charge in [-0.3, -0.25) is 10.2 Å². The van der Waals surface area contributed by atoms with Crippen LogP contribution in [0.5, 0.6) is 5.75 Å². The summed E-state index contributed by atoms with van der Waals surface area (Å²) in [6.45, 7) is 2.02. The molecule has 0 radical (unpaired) electrons. The highest BCUT2D eigenvalue weighted by Gasteiger charge is 2.14. The number of hydrogen-bond donors (Lipinski definition) is 3. The van der Waals surface area contributed by atoms with Crippen LogP contribution in [0.1, 0.15) is 29.0 Å². The molecule has 0 spiro atoms. The summed E-state index contributed by atoms with van der Waals surface area (Å²) in [6.07, 6.45) is 2.11. The van der Waals surface area contributed by atoms with E-state index >= 15 is 0 Å². The van der Waals surface area contributed by atoms with Crippen molar-refractivity contribution in [3.05, 3.63) is 78.1 Å². The Morgan fingerprint density at radius 2 is 1.82 bits per heavy atom. The summed E-state index contributed by atoms with van der Waals surface area (Å²) >= 11 is 0. The van der Waals surface area contributed by atoms with E-state index in [1.54, 1.807) is 18.4 Å². The third-order valence-corrected chi connectivity index (χ3v) is 3.76. The Kier molecular flexibility index (Phi) is 6.35. The molecule has 8 heteroatoms. The van der Waals surface area contributed by atoms with Crippen molar-refractivity contribution in [2.75, 3.05) is 0 Å². The lowest BCUT2D eigenvalue weighted by Crippen LogP contribution is -2.49. The maximum absolute atomic E-state index is 12.1. The molecule has 0 saturated heterocycles. The van der Waals surface area contributed by atoms with Crippen molar-refractivity contribution in [3.63, 3.8) is 0 Å². The van der Waals surface area contributed by atoms with Gasteiger partial charge >= 0.3 is 11.9 Å². The Morgan fingerprint density at radius 3 is 2.57 bits per heavy atom. The fourth-order valence-electron chi connectivity index (χ4n) is 2.47. The van der Waals surface area contributed by atoms with Gasteiger partial charge in [0.1, 0.15) is 23.9 Å². The second-order valence-corrected chi connectivity index (χ2v) is 6.10. The number of ether oxygens (including phenoxy) is 1. The summed E-state index contributed by atoms with van der Waals surface area (Å²) in [5.41, 5.74) is 4.58. The second kappa shape index (κ2) is 9.31. The molecule has 8 nitrogen and oxygen atoms in total. The van der Waals surface area contributed by atoms with Crippen molar-refractivity contribution < 1.29 is 23.2 Å². The quantitative estimate of drug-likeness (QED) is 0.544. The molecule has 2 aromatic heterocycles. The standard InChI is InChI=1S/C20H21N3O5/c1-14(12-16-8-5-11-26-16)21-20(25)23-22-19(24)18-10-9-17(28-18)13-27-15-6-3-2-4-7-15/h2-11,14H,12-13H2,1H3,(H,22,24)(H2,21,23,25). The number of urea groups is 1. The molecule has 3 N–H and O–H groups in total. The van der Waals surface area contributed by atoms with Crippen LogP contribution in [0, 0.1) is 0 Å². The molecular weight excluding hydrogens is 362 g/mol. The minimum atomic E-state index is -0.570. The molecule has 28 heavy (non-hydrogen) atoms. The smallest absolute Gasteiger partial charge is 0.333 e. The molecule has 0 aliphatic rings. The number of hydrazine groups is 1. The molecule has 1 unspecified atom stereocenters. The highest BCUT2D eigenvalue weighted by Crippen LogP contribution is 2.13. The highest BCUT2D eigenvalue weighted by atomic mass is 16.5. The fourth-order valence-corrected chi connectivity index (χ4v) is 2.47. The van der Waals surface area contributed by atoms with E-state index in [0.29, 0.717) is 17.9 Å². The van der Waals surface area contributed by atoms with Gasteiger partial charge in [-0.1, -0.05) is 18.2 Å². The lowest BCUT2D eigenvalue weighted by Gasteiger charge is -2.13. The molecule has 0 bridgehead atoms. The van der Waals surface area contributed by atoms with Gasteiger partial charge in [0.2, 0.25) is 0 Å². The van der Waals surface area contributed by atoms with E-state index in [9.17, 15) is 9.59 Å². The Morgan fingerprint density at radius 1 is 1.00 bits per heavy atom. The number of hydrogen-bond acceptors (Lipinski definition) is 5. The number of benzene rings is 1. The molecule has 146 valence electrons. The van der Waals surface area contributed by atoms with Gasteiger partial charge in [-0.2, -0.15) is 0 Å². The van der Waals surface area contributed by atoms with Gasteiger partial charge in [-0.25, -0.2) is 10.2 Å². The molecule has 2 heterocycles. The van der Waals surface area contributed by atoms with Crippen molar-refractivity contribution in [1.82, 2.24) is 16.2 Å². The van der Waals surface area contributed by atoms with Gasteiger partial charge in [-0.15, -0.1) is 0 Å². The molecule has 3 amide bonds. The zero-order chi connectivity index (χ0) is 19.8. The summed E-state index contributed by atoms with van der Waals surface area (Å²) < 4.78 is 16.2. The van der Waals surface area contributed by atoms with Crippen molar-refractivity contribution in [2.24, 2.45) is 0 Å². The van der Waals surface area contributed by atoms with Crippen molar-refractivity contribution in [2.45, 2.75) is 26.0 Å². The first-order valence-corrected chi connectivity index (χ1v) is 8.76. The van der Waals surface area contributed by atoms with E-state index < -0.39 is 11.9 Å². The summed E-state index contributed by atoms with van der Waals surface area (Å²) in [5.74, 6) is 1.45. The molecule has 0 saturated carbocycles.